The van der Waals surface area contributed by atoms with Crippen molar-refractivity contribution in [2.45, 2.75) is 80.9 Å². The van der Waals surface area contributed by atoms with Crippen LogP contribution < -0.4 is 10.0 Å². The summed E-state index contributed by atoms with van der Waals surface area (Å²) < 4.78 is 24.8. The molecule has 5 nitrogen and oxygen atoms in total. The van der Waals surface area contributed by atoms with Crippen molar-refractivity contribution in [1.82, 2.24) is 10.0 Å². The van der Waals surface area contributed by atoms with Gasteiger partial charge in [0.05, 0.1) is 5.25 Å². The molecule has 1 amide bonds. The normalized spacial score (nSPS) is 11.4. The molecule has 0 aliphatic heterocycles. The second kappa shape index (κ2) is 15.6. The molecule has 0 aliphatic rings. The largest absolute Gasteiger partial charge is 0.359 e. The minimum Gasteiger partial charge on any atom is -0.359 e. The predicted octanol–water partition coefficient (Wildman–Crippen LogP) is 4.05. The second-order valence-electron chi connectivity index (χ2n) is 8.13. The fourth-order valence-corrected chi connectivity index (χ4v) is 2.58. The van der Waals surface area contributed by atoms with Crippen LogP contribution in [0, 0.1) is 23.7 Å². The van der Waals surface area contributed by atoms with E-state index in [0.29, 0.717) is 12.5 Å². The first-order valence-corrected chi connectivity index (χ1v) is 10.9. The molecular formula is C19H44N2O3S. The van der Waals surface area contributed by atoms with Crippen LogP contribution in [0.5, 0.6) is 0 Å². The molecule has 0 unspecified atom stereocenters. The summed E-state index contributed by atoms with van der Waals surface area (Å²) >= 11 is 0. The minimum atomic E-state index is -3.04. The average Bonchev–Trinajstić information content (AvgIpc) is 2.43. The van der Waals surface area contributed by atoms with Gasteiger partial charge in [0.1, 0.15) is 0 Å². The van der Waals surface area contributed by atoms with E-state index >= 15 is 0 Å². The number of sulfonamides is 1. The molecule has 0 spiro atoms. The van der Waals surface area contributed by atoms with Crippen molar-refractivity contribution in [3.05, 3.63) is 0 Å². The summed E-state index contributed by atoms with van der Waals surface area (Å²) in [6, 6.07) is 0. The Kier molecular flexibility index (Phi) is 18.2. The molecule has 154 valence electrons. The minimum absolute atomic E-state index is 0.0972. The second-order valence-corrected chi connectivity index (χ2v) is 10.4. The van der Waals surface area contributed by atoms with Crippen molar-refractivity contribution in [3.63, 3.8) is 0 Å². The maximum absolute atomic E-state index is 11.1. The third-order valence-electron chi connectivity index (χ3n) is 3.03. The summed E-state index contributed by atoms with van der Waals surface area (Å²) in [5.74, 6) is 2.33. The highest BCUT2D eigenvalue weighted by Crippen LogP contribution is 2.08. The zero-order valence-corrected chi connectivity index (χ0v) is 19.3. The van der Waals surface area contributed by atoms with Crippen molar-refractivity contribution in [3.8, 4) is 0 Å². The van der Waals surface area contributed by atoms with Crippen molar-refractivity contribution in [1.29, 1.82) is 0 Å². The number of amides is 1. The SMILES string of the molecule is CC(C)CC(C)C.CC(C)CNS(=O)(=O)C(C)C.CNC(=O)C(C)C. The molecule has 0 aromatic rings. The third-order valence-corrected chi connectivity index (χ3v) is 4.84. The molecule has 0 saturated heterocycles. The number of carbonyl (C=O) groups is 1. The lowest BCUT2D eigenvalue weighted by Gasteiger charge is -2.10. The van der Waals surface area contributed by atoms with Gasteiger partial charge in [-0.2, -0.15) is 0 Å². The van der Waals surface area contributed by atoms with E-state index in [4.69, 9.17) is 0 Å². The monoisotopic (exact) mass is 380 g/mol. The zero-order chi connectivity index (χ0) is 20.8. The van der Waals surface area contributed by atoms with E-state index in [2.05, 4.69) is 37.7 Å². The van der Waals surface area contributed by atoms with Gasteiger partial charge in [0.15, 0.2) is 0 Å². The molecule has 0 aliphatic carbocycles. The van der Waals surface area contributed by atoms with Crippen LogP contribution in [0.1, 0.15) is 75.7 Å². The van der Waals surface area contributed by atoms with Crippen LogP contribution in [0.25, 0.3) is 0 Å². The van der Waals surface area contributed by atoms with Crippen molar-refractivity contribution in [2.75, 3.05) is 13.6 Å². The van der Waals surface area contributed by atoms with E-state index in [-0.39, 0.29) is 17.1 Å². The van der Waals surface area contributed by atoms with E-state index in [1.165, 1.54) is 6.42 Å². The standard InChI is InChI=1S/C7H17NO2S.C7H16.C5H11NO/c1-6(2)5-8-11(9,10)7(3)4;1-6(2)5-7(3)4;1-4(2)5(7)6-3/h6-8H,5H2,1-4H3;6-7H,5H2,1-4H3;4H,1-3H3,(H,6,7). The van der Waals surface area contributed by atoms with Crippen LogP contribution in [0.2, 0.25) is 0 Å². The molecule has 0 atom stereocenters. The lowest BCUT2D eigenvalue weighted by atomic mass is 10.0. The van der Waals surface area contributed by atoms with Crippen LogP contribution in [0.3, 0.4) is 0 Å². The lowest BCUT2D eigenvalue weighted by molar-refractivity contribution is -0.123. The van der Waals surface area contributed by atoms with Gasteiger partial charge >= 0.3 is 0 Å². The smallest absolute Gasteiger partial charge is 0.222 e. The first kappa shape index (κ1) is 29.2. The van der Waals surface area contributed by atoms with Gasteiger partial charge in [0, 0.05) is 19.5 Å². The molecule has 0 radical (unpaired) electrons. The highest BCUT2D eigenvalue weighted by atomic mass is 32.2. The molecule has 0 aromatic heterocycles. The zero-order valence-electron chi connectivity index (χ0n) is 18.4. The van der Waals surface area contributed by atoms with Crippen molar-refractivity contribution in [2.24, 2.45) is 23.7 Å². The van der Waals surface area contributed by atoms with Crippen LogP contribution in [-0.4, -0.2) is 33.2 Å². The Morgan fingerprint density at radius 3 is 1.32 bits per heavy atom. The number of hydrogen-bond donors (Lipinski definition) is 2. The van der Waals surface area contributed by atoms with Crippen molar-refractivity contribution >= 4 is 15.9 Å². The Hall–Kier alpha value is -0.620. The molecule has 0 rings (SSSR count). The molecule has 0 heterocycles. The molecule has 0 fully saturated rings. The maximum atomic E-state index is 11.1. The number of nitrogens with one attached hydrogen (secondary N) is 2. The Morgan fingerprint density at radius 1 is 0.800 bits per heavy atom. The van der Waals surface area contributed by atoms with Crippen LogP contribution in [0.15, 0.2) is 0 Å². The summed E-state index contributed by atoms with van der Waals surface area (Å²) in [7, 11) is -1.40. The third kappa shape index (κ3) is 23.4. The average molecular weight is 381 g/mol. The molecular weight excluding hydrogens is 336 g/mol. The van der Waals surface area contributed by atoms with E-state index in [1.54, 1.807) is 20.9 Å². The van der Waals surface area contributed by atoms with Gasteiger partial charge in [-0.15, -0.1) is 0 Å². The van der Waals surface area contributed by atoms with Gasteiger partial charge in [-0.05, 0) is 38.0 Å². The molecule has 0 aromatic carbocycles. The van der Waals surface area contributed by atoms with E-state index in [9.17, 15) is 13.2 Å². The number of carbonyl (C=O) groups excluding carboxylic acids is 1. The van der Waals surface area contributed by atoms with E-state index < -0.39 is 10.0 Å². The summed E-state index contributed by atoms with van der Waals surface area (Å²) in [5, 5.41) is 2.19. The van der Waals surface area contributed by atoms with Crippen LogP contribution >= 0.6 is 0 Å². The highest BCUT2D eigenvalue weighted by Gasteiger charge is 2.14. The Morgan fingerprint density at radius 2 is 1.20 bits per heavy atom. The Balaban J connectivity index is -0.000000304. The number of rotatable bonds is 7. The molecule has 2 N–H and O–H groups in total. The Bertz CT molecular complexity index is 408. The topological polar surface area (TPSA) is 75.3 Å². The first-order valence-electron chi connectivity index (χ1n) is 9.37. The van der Waals surface area contributed by atoms with E-state index in [1.807, 2.05) is 27.7 Å². The Labute approximate surface area is 157 Å². The summed E-state index contributed by atoms with van der Waals surface area (Å²) in [4.78, 5) is 10.4. The van der Waals surface area contributed by atoms with Crippen LogP contribution in [-0.2, 0) is 14.8 Å². The molecule has 6 heteroatoms. The summed E-state index contributed by atoms with van der Waals surface area (Å²) in [5.41, 5.74) is 0. The molecule has 0 saturated carbocycles. The maximum Gasteiger partial charge on any atom is 0.222 e. The van der Waals surface area contributed by atoms with Gasteiger partial charge < -0.3 is 5.32 Å². The molecule has 25 heavy (non-hydrogen) atoms. The summed E-state index contributed by atoms with van der Waals surface area (Å²) in [6.45, 7) is 20.6. The van der Waals surface area contributed by atoms with Gasteiger partial charge in [0.2, 0.25) is 15.9 Å². The van der Waals surface area contributed by atoms with Gasteiger partial charge in [-0.25, -0.2) is 13.1 Å². The van der Waals surface area contributed by atoms with E-state index in [0.717, 1.165) is 11.8 Å². The number of hydrogen-bond acceptors (Lipinski definition) is 3. The quantitative estimate of drug-likeness (QED) is 0.699. The fourth-order valence-electron chi connectivity index (χ4n) is 1.68. The predicted molar refractivity (Wildman–Crippen MR) is 110 cm³/mol. The first-order chi connectivity index (χ1) is 11.2. The van der Waals surface area contributed by atoms with Crippen molar-refractivity contribution < 1.29 is 13.2 Å². The highest BCUT2D eigenvalue weighted by molar-refractivity contribution is 7.90. The van der Waals surface area contributed by atoms with Gasteiger partial charge in [0.25, 0.3) is 0 Å². The fraction of sp³-hybridized carbons (Fsp3) is 0.947. The lowest BCUT2D eigenvalue weighted by Crippen LogP contribution is -2.33. The van der Waals surface area contributed by atoms with Gasteiger partial charge in [-0.3, -0.25) is 4.79 Å². The van der Waals surface area contributed by atoms with Crippen LogP contribution in [0.4, 0.5) is 0 Å². The summed E-state index contributed by atoms with van der Waals surface area (Å²) in [6.07, 6.45) is 1.36. The molecule has 0 bridgehead atoms. The van der Waals surface area contributed by atoms with Gasteiger partial charge in [-0.1, -0.05) is 55.4 Å².